The molecule has 4 N–H and O–H groups in total. The number of amides is 1. The van der Waals surface area contributed by atoms with Crippen LogP contribution < -0.4 is 16.5 Å². The lowest BCUT2D eigenvalue weighted by Gasteiger charge is -2.01. The molecule has 6 nitrogen and oxygen atoms in total. The van der Waals surface area contributed by atoms with Crippen molar-refractivity contribution in [2.45, 2.75) is 13.0 Å². The summed E-state index contributed by atoms with van der Waals surface area (Å²) in [7, 11) is 0. The van der Waals surface area contributed by atoms with Crippen molar-refractivity contribution < 1.29 is 4.79 Å². The zero-order chi connectivity index (χ0) is 13.1. The third kappa shape index (κ3) is 2.63. The fraction of sp³-hybridized carbons (Fsp3) is 0.182. The molecule has 0 spiro atoms. The lowest BCUT2D eigenvalue weighted by Crippen LogP contribution is -2.20. The quantitative estimate of drug-likeness (QED) is 0.772. The van der Waals surface area contributed by atoms with Crippen LogP contribution in [0, 0.1) is 0 Å². The molecule has 0 aromatic carbocycles. The zero-order valence-electron chi connectivity index (χ0n) is 9.64. The van der Waals surface area contributed by atoms with Crippen molar-refractivity contribution in [3.05, 3.63) is 45.3 Å². The summed E-state index contributed by atoms with van der Waals surface area (Å²) in [4.78, 5) is 30.1. The Balaban J connectivity index is 2.17. The van der Waals surface area contributed by atoms with Crippen LogP contribution in [0.3, 0.4) is 0 Å². The molecule has 0 saturated carbocycles. The van der Waals surface area contributed by atoms with Gasteiger partial charge in [0.05, 0.1) is 5.69 Å². The first kappa shape index (κ1) is 12.5. The Morgan fingerprint density at radius 3 is 3.00 bits per heavy atom. The van der Waals surface area contributed by atoms with E-state index in [9.17, 15) is 9.59 Å². The van der Waals surface area contributed by atoms with Gasteiger partial charge in [-0.15, -0.1) is 11.3 Å². The van der Waals surface area contributed by atoms with Gasteiger partial charge in [-0.25, -0.2) is 4.98 Å². The van der Waals surface area contributed by atoms with Gasteiger partial charge in [-0.1, -0.05) is 0 Å². The van der Waals surface area contributed by atoms with Gasteiger partial charge in [0, 0.05) is 29.9 Å². The number of nitrogens with two attached hydrogens (primary N) is 1. The second-order valence-corrected chi connectivity index (χ2v) is 4.60. The van der Waals surface area contributed by atoms with Crippen molar-refractivity contribution in [3.63, 3.8) is 0 Å². The molecule has 0 saturated heterocycles. The number of nitrogens with one attached hydrogen (secondary N) is 2. The summed E-state index contributed by atoms with van der Waals surface area (Å²) in [5.74, 6) is -0.484. The molecule has 0 radical (unpaired) electrons. The molecule has 0 bridgehead atoms. The summed E-state index contributed by atoms with van der Waals surface area (Å²) < 4.78 is 0. The van der Waals surface area contributed by atoms with Crippen molar-refractivity contribution in [1.82, 2.24) is 9.97 Å². The van der Waals surface area contributed by atoms with Crippen LogP contribution in [0.5, 0.6) is 0 Å². The predicted octanol–water partition coefficient (Wildman–Crippen LogP) is 1.10. The Morgan fingerprint density at radius 2 is 2.39 bits per heavy atom. The fourth-order valence-electron chi connectivity index (χ4n) is 1.31. The SMILES string of the molecule is CC(N)c1csc(NC(=O)c2c[nH]ccc2=O)n1. The largest absolute Gasteiger partial charge is 0.367 e. The Kier molecular flexibility index (Phi) is 3.54. The van der Waals surface area contributed by atoms with Crippen LogP contribution in [0.4, 0.5) is 5.13 Å². The van der Waals surface area contributed by atoms with E-state index in [1.165, 1.54) is 29.8 Å². The second kappa shape index (κ2) is 5.11. The first-order valence-electron chi connectivity index (χ1n) is 5.27. The number of anilines is 1. The van der Waals surface area contributed by atoms with Gasteiger partial charge in [0.1, 0.15) is 5.56 Å². The van der Waals surface area contributed by atoms with Gasteiger partial charge < -0.3 is 10.7 Å². The number of aromatic amines is 1. The van der Waals surface area contributed by atoms with Crippen molar-refractivity contribution >= 4 is 22.4 Å². The molecule has 0 aliphatic heterocycles. The Bertz CT molecular complexity index is 617. The molecule has 1 unspecified atom stereocenters. The average Bonchev–Trinajstić information content (AvgIpc) is 2.78. The first-order chi connectivity index (χ1) is 8.58. The van der Waals surface area contributed by atoms with E-state index in [4.69, 9.17) is 5.73 Å². The molecule has 2 rings (SSSR count). The molecule has 94 valence electrons. The Hall–Kier alpha value is -1.99. The van der Waals surface area contributed by atoms with Crippen LogP contribution in [0.25, 0.3) is 0 Å². The summed E-state index contributed by atoms with van der Waals surface area (Å²) in [6.45, 7) is 1.81. The minimum absolute atomic E-state index is 0.0510. The highest BCUT2D eigenvalue weighted by atomic mass is 32.1. The Morgan fingerprint density at radius 1 is 1.61 bits per heavy atom. The molecule has 1 atom stereocenters. The fourth-order valence-corrected chi connectivity index (χ4v) is 2.12. The molecule has 0 aliphatic rings. The Labute approximate surface area is 107 Å². The van der Waals surface area contributed by atoms with Crippen LogP contribution in [-0.2, 0) is 0 Å². The number of nitrogens with zero attached hydrogens (tertiary/aromatic N) is 1. The predicted molar refractivity (Wildman–Crippen MR) is 69.7 cm³/mol. The van der Waals surface area contributed by atoms with Gasteiger partial charge in [-0.2, -0.15) is 0 Å². The molecule has 0 fully saturated rings. The number of hydrogen-bond donors (Lipinski definition) is 3. The summed E-state index contributed by atoms with van der Waals surface area (Å²) >= 11 is 1.27. The van der Waals surface area contributed by atoms with Crippen LogP contribution in [0.1, 0.15) is 29.0 Å². The van der Waals surface area contributed by atoms with E-state index < -0.39 is 5.91 Å². The minimum atomic E-state index is -0.484. The summed E-state index contributed by atoms with van der Waals surface area (Å²) in [6, 6.07) is 1.11. The molecular weight excluding hydrogens is 252 g/mol. The number of carbonyl (C=O) groups is 1. The van der Waals surface area contributed by atoms with Gasteiger partial charge in [0.25, 0.3) is 5.91 Å². The van der Waals surface area contributed by atoms with E-state index in [1.54, 1.807) is 5.38 Å². The third-order valence-corrected chi connectivity index (χ3v) is 3.05. The molecule has 2 aromatic heterocycles. The molecule has 0 aliphatic carbocycles. The van der Waals surface area contributed by atoms with E-state index in [0.29, 0.717) is 10.8 Å². The van der Waals surface area contributed by atoms with Gasteiger partial charge in [0.2, 0.25) is 0 Å². The van der Waals surface area contributed by atoms with Crippen LogP contribution in [0.15, 0.2) is 28.6 Å². The molecule has 18 heavy (non-hydrogen) atoms. The number of H-pyrrole nitrogens is 1. The number of carbonyl (C=O) groups excluding carboxylic acids is 1. The lowest BCUT2D eigenvalue weighted by molar-refractivity contribution is 0.102. The monoisotopic (exact) mass is 264 g/mol. The summed E-state index contributed by atoms with van der Waals surface area (Å²) in [5, 5.41) is 4.77. The topological polar surface area (TPSA) is 101 Å². The lowest BCUT2D eigenvalue weighted by atomic mass is 10.2. The van der Waals surface area contributed by atoms with Crippen LogP contribution >= 0.6 is 11.3 Å². The van der Waals surface area contributed by atoms with Crippen molar-refractivity contribution in [3.8, 4) is 0 Å². The van der Waals surface area contributed by atoms with Crippen molar-refractivity contribution in [1.29, 1.82) is 0 Å². The van der Waals surface area contributed by atoms with Gasteiger partial charge >= 0.3 is 0 Å². The molecule has 1 amide bonds. The van der Waals surface area contributed by atoms with E-state index in [1.807, 2.05) is 6.92 Å². The van der Waals surface area contributed by atoms with E-state index >= 15 is 0 Å². The number of pyridine rings is 1. The third-order valence-electron chi connectivity index (χ3n) is 2.28. The number of hydrogen-bond acceptors (Lipinski definition) is 5. The molecule has 7 heteroatoms. The van der Waals surface area contributed by atoms with E-state index in [2.05, 4.69) is 15.3 Å². The van der Waals surface area contributed by atoms with Crippen molar-refractivity contribution in [2.75, 3.05) is 5.32 Å². The van der Waals surface area contributed by atoms with E-state index in [-0.39, 0.29) is 17.0 Å². The van der Waals surface area contributed by atoms with Gasteiger partial charge in [-0.3, -0.25) is 14.9 Å². The second-order valence-electron chi connectivity index (χ2n) is 3.74. The zero-order valence-corrected chi connectivity index (χ0v) is 10.5. The van der Waals surface area contributed by atoms with E-state index in [0.717, 1.165) is 0 Å². The maximum absolute atomic E-state index is 11.8. The maximum Gasteiger partial charge on any atom is 0.262 e. The summed E-state index contributed by atoms with van der Waals surface area (Å²) in [6.07, 6.45) is 2.83. The summed E-state index contributed by atoms with van der Waals surface area (Å²) in [5.41, 5.74) is 6.09. The molecular formula is C11H12N4O2S. The average molecular weight is 264 g/mol. The highest BCUT2D eigenvalue weighted by Gasteiger charge is 2.12. The highest BCUT2D eigenvalue weighted by Crippen LogP contribution is 2.19. The highest BCUT2D eigenvalue weighted by molar-refractivity contribution is 7.14. The molecule has 2 heterocycles. The smallest absolute Gasteiger partial charge is 0.262 e. The number of rotatable bonds is 3. The number of aromatic nitrogens is 2. The van der Waals surface area contributed by atoms with Gasteiger partial charge in [0.15, 0.2) is 10.6 Å². The molecule has 2 aromatic rings. The first-order valence-corrected chi connectivity index (χ1v) is 6.15. The maximum atomic E-state index is 11.8. The van der Waals surface area contributed by atoms with Crippen LogP contribution in [-0.4, -0.2) is 15.9 Å². The van der Waals surface area contributed by atoms with Crippen molar-refractivity contribution in [2.24, 2.45) is 5.73 Å². The standard InChI is InChI=1S/C11H12N4O2S/c1-6(12)8-5-18-11(14-8)15-10(17)7-4-13-3-2-9(7)16/h2-6H,12H2,1H3,(H,13,16)(H,14,15,17). The van der Waals surface area contributed by atoms with Crippen LogP contribution in [0.2, 0.25) is 0 Å². The normalized spacial score (nSPS) is 12.1. The van der Waals surface area contributed by atoms with Gasteiger partial charge in [-0.05, 0) is 6.92 Å². The minimum Gasteiger partial charge on any atom is -0.367 e. The number of thiazole rings is 1.